The number of halogens is 1. The van der Waals surface area contributed by atoms with Crippen molar-refractivity contribution in [2.24, 2.45) is 0 Å². The first-order chi connectivity index (χ1) is 8.85. The van der Waals surface area contributed by atoms with Crippen molar-refractivity contribution >= 4 is 27.9 Å². The zero-order chi connectivity index (χ0) is 14.6. The van der Waals surface area contributed by atoms with Gasteiger partial charge in [-0.05, 0) is 22.9 Å². The number of aromatic nitrogens is 2. The van der Waals surface area contributed by atoms with Crippen molar-refractivity contribution in [2.75, 3.05) is 14.2 Å². The third-order valence-electron chi connectivity index (χ3n) is 2.35. The summed E-state index contributed by atoms with van der Waals surface area (Å²) in [5, 5.41) is 16.1. The van der Waals surface area contributed by atoms with Gasteiger partial charge in [0.15, 0.2) is 0 Å². The van der Waals surface area contributed by atoms with E-state index in [9.17, 15) is 9.59 Å². The molecule has 1 atom stereocenters. The summed E-state index contributed by atoms with van der Waals surface area (Å²) in [6, 6.07) is 1.16. The van der Waals surface area contributed by atoms with Crippen molar-refractivity contribution in [1.82, 2.24) is 20.2 Å². The molecule has 1 rings (SSSR count). The van der Waals surface area contributed by atoms with E-state index in [1.165, 1.54) is 18.8 Å². The van der Waals surface area contributed by atoms with Gasteiger partial charge >= 0.3 is 6.09 Å². The molecule has 9 heteroatoms. The molecule has 0 radical (unpaired) electrons. The maximum absolute atomic E-state index is 12.0. The van der Waals surface area contributed by atoms with Gasteiger partial charge in [-0.1, -0.05) is 0 Å². The fraction of sp³-hybridized carbons (Fsp3) is 0.500. The second-order valence-corrected chi connectivity index (χ2v) is 4.68. The van der Waals surface area contributed by atoms with Crippen LogP contribution in [0.5, 0.6) is 0 Å². The molecule has 0 spiro atoms. The monoisotopic (exact) mass is 334 g/mol. The Morgan fingerprint density at radius 2 is 2.32 bits per heavy atom. The van der Waals surface area contributed by atoms with Crippen LogP contribution in [0.1, 0.15) is 17.4 Å². The molecule has 0 fully saturated rings. The van der Waals surface area contributed by atoms with Gasteiger partial charge in [0, 0.05) is 19.2 Å². The third-order valence-corrected chi connectivity index (χ3v) is 2.73. The van der Waals surface area contributed by atoms with Crippen LogP contribution in [-0.4, -0.2) is 52.1 Å². The van der Waals surface area contributed by atoms with E-state index in [1.54, 1.807) is 13.0 Å². The number of rotatable bonds is 5. The van der Waals surface area contributed by atoms with Gasteiger partial charge in [-0.2, -0.15) is 5.10 Å². The molecule has 0 bridgehead atoms. The van der Waals surface area contributed by atoms with Crippen LogP contribution >= 0.6 is 15.9 Å². The van der Waals surface area contributed by atoms with E-state index in [4.69, 9.17) is 9.94 Å². The average Bonchev–Trinajstić information content (AvgIpc) is 2.66. The Kier molecular flexibility index (Phi) is 5.31. The van der Waals surface area contributed by atoms with E-state index in [0.717, 1.165) is 5.06 Å². The highest BCUT2D eigenvalue weighted by Crippen LogP contribution is 2.13. The van der Waals surface area contributed by atoms with Gasteiger partial charge in [0.1, 0.15) is 10.3 Å². The van der Waals surface area contributed by atoms with Crippen molar-refractivity contribution < 1.29 is 19.5 Å². The molecule has 8 nitrogen and oxygen atoms in total. The van der Waals surface area contributed by atoms with Crippen LogP contribution in [0.2, 0.25) is 0 Å². The number of hydrogen-bond donors (Lipinski definition) is 2. The van der Waals surface area contributed by atoms with Crippen LogP contribution in [0.25, 0.3) is 0 Å². The lowest BCUT2D eigenvalue weighted by Crippen LogP contribution is -2.36. The van der Waals surface area contributed by atoms with Crippen LogP contribution in [0.4, 0.5) is 4.79 Å². The van der Waals surface area contributed by atoms with Crippen molar-refractivity contribution in [3.8, 4) is 0 Å². The quantitative estimate of drug-likeness (QED) is 0.781. The highest BCUT2D eigenvalue weighted by molar-refractivity contribution is 9.10. The molecule has 0 aliphatic rings. The molecule has 1 heterocycles. The van der Waals surface area contributed by atoms with Crippen LogP contribution in [0.3, 0.4) is 0 Å². The number of hydrogen-bond acceptors (Lipinski definition) is 4. The van der Waals surface area contributed by atoms with Crippen molar-refractivity contribution in [3.63, 3.8) is 0 Å². The molecule has 0 aliphatic heterocycles. The van der Waals surface area contributed by atoms with Crippen LogP contribution in [-0.2, 0) is 11.4 Å². The topological polar surface area (TPSA) is 96.7 Å². The van der Waals surface area contributed by atoms with Crippen LogP contribution < -0.4 is 5.32 Å². The summed E-state index contributed by atoms with van der Waals surface area (Å²) in [6.45, 7) is 1.91. The second kappa shape index (κ2) is 6.53. The lowest BCUT2D eigenvalue weighted by Gasteiger charge is -2.16. The van der Waals surface area contributed by atoms with Crippen LogP contribution in [0.15, 0.2) is 10.7 Å². The molecule has 2 amide bonds. The summed E-state index contributed by atoms with van der Waals surface area (Å²) in [5.41, 5.74) is 0.301. The zero-order valence-corrected chi connectivity index (χ0v) is 12.3. The average molecular weight is 335 g/mol. The molecule has 1 aromatic heterocycles. The second-order valence-electron chi connectivity index (χ2n) is 3.87. The molecule has 0 aromatic carbocycles. The highest BCUT2D eigenvalue weighted by atomic mass is 79.9. The molecule has 0 saturated heterocycles. The normalized spacial score (nSPS) is 12.0. The van der Waals surface area contributed by atoms with Gasteiger partial charge in [-0.25, -0.2) is 9.86 Å². The van der Waals surface area contributed by atoms with E-state index in [2.05, 4.69) is 26.3 Å². The van der Waals surface area contributed by atoms with E-state index < -0.39 is 6.09 Å². The third kappa shape index (κ3) is 4.21. The predicted octanol–water partition coefficient (Wildman–Crippen LogP) is 0.935. The lowest BCUT2D eigenvalue weighted by molar-refractivity contribution is -0.0764. The predicted molar refractivity (Wildman–Crippen MR) is 69.7 cm³/mol. The Bertz CT molecular complexity index is 476. The fourth-order valence-electron chi connectivity index (χ4n) is 1.46. The number of amides is 2. The SMILES string of the molecule is CON(C)C(=O)c1cc(Br)nn1C[C@H](C)NC(=O)O. The largest absolute Gasteiger partial charge is 0.465 e. The standard InChI is InChI=1S/C10H15BrN4O4/c1-6(12-10(17)18)5-15-7(4-8(11)13-15)9(16)14(2)19-3/h4,6,12H,5H2,1-3H3,(H,17,18)/t6-/m0/s1. The highest BCUT2D eigenvalue weighted by Gasteiger charge is 2.20. The van der Waals surface area contributed by atoms with Gasteiger partial charge in [-0.15, -0.1) is 0 Å². The molecule has 1 aromatic rings. The summed E-state index contributed by atoms with van der Waals surface area (Å²) in [6.07, 6.45) is -1.12. The minimum atomic E-state index is -1.12. The summed E-state index contributed by atoms with van der Waals surface area (Å²) in [4.78, 5) is 27.3. The van der Waals surface area contributed by atoms with E-state index in [-0.39, 0.29) is 18.5 Å². The number of carbonyl (C=O) groups is 2. The van der Waals surface area contributed by atoms with Gasteiger partial charge in [0.2, 0.25) is 0 Å². The smallest absolute Gasteiger partial charge is 0.404 e. The van der Waals surface area contributed by atoms with Gasteiger partial charge < -0.3 is 10.4 Å². The van der Waals surface area contributed by atoms with E-state index in [0.29, 0.717) is 10.3 Å². The molecule has 0 aliphatic carbocycles. The fourth-order valence-corrected chi connectivity index (χ4v) is 1.87. The lowest BCUT2D eigenvalue weighted by atomic mass is 10.3. The summed E-state index contributed by atoms with van der Waals surface area (Å²) >= 11 is 3.18. The number of nitrogens with one attached hydrogen (secondary N) is 1. The summed E-state index contributed by atoms with van der Waals surface area (Å²) in [7, 11) is 2.86. The molecule has 0 unspecified atom stereocenters. The molecule has 2 N–H and O–H groups in total. The van der Waals surface area contributed by atoms with Crippen molar-refractivity contribution in [1.29, 1.82) is 0 Å². The number of carbonyl (C=O) groups excluding carboxylic acids is 1. The molecule has 0 saturated carbocycles. The summed E-state index contributed by atoms with van der Waals surface area (Å²) in [5.74, 6) is -0.372. The maximum Gasteiger partial charge on any atom is 0.404 e. The van der Waals surface area contributed by atoms with E-state index in [1.807, 2.05) is 0 Å². The van der Waals surface area contributed by atoms with Crippen molar-refractivity contribution in [2.45, 2.75) is 19.5 Å². The van der Waals surface area contributed by atoms with E-state index >= 15 is 0 Å². The van der Waals surface area contributed by atoms with Crippen LogP contribution in [0, 0.1) is 0 Å². The van der Waals surface area contributed by atoms with Gasteiger partial charge in [0.05, 0.1) is 13.7 Å². The zero-order valence-electron chi connectivity index (χ0n) is 10.8. The number of hydroxylamine groups is 2. The summed E-state index contributed by atoms with van der Waals surface area (Å²) < 4.78 is 1.91. The first-order valence-electron chi connectivity index (χ1n) is 5.40. The van der Waals surface area contributed by atoms with Gasteiger partial charge in [0.25, 0.3) is 5.91 Å². The Balaban J connectivity index is 2.89. The first-order valence-corrected chi connectivity index (χ1v) is 6.19. The number of nitrogens with zero attached hydrogens (tertiary/aromatic N) is 3. The van der Waals surface area contributed by atoms with Gasteiger partial charge in [-0.3, -0.25) is 14.3 Å². The molecular formula is C10H15BrN4O4. The molecular weight excluding hydrogens is 320 g/mol. The Morgan fingerprint density at radius 3 is 2.84 bits per heavy atom. The first kappa shape index (κ1) is 15.4. The Morgan fingerprint density at radius 1 is 1.68 bits per heavy atom. The maximum atomic E-state index is 12.0. The minimum absolute atomic E-state index is 0.233. The van der Waals surface area contributed by atoms with Crippen molar-refractivity contribution in [3.05, 3.63) is 16.4 Å². The molecule has 19 heavy (non-hydrogen) atoms. The minimum Gasteiger partial charge on any atom is -0.465 e. The number of carboxylic acid groups (broad SMARTS) is 1. The Labute approximate surface area is 118 Å². The molecule has 106 valence electrons. The Hall–Kier alpha value is -1.61.